The molecule has 2 saturated heterocycles. The van der Waals surface area contributed by atoms with Crippen LogP contribution < -0.4 is 0 Å². The molecule has 0 atom stereocenters. The van der Waals surface area contributed by atoms with Crippen molar-refractivity contribution in [3.63, 3.8) is 0 Å². The summed E-state index contributed by atoms with van der Waals surface area (Å²) < 4.78 is 2.49. The fourth-order valence-electron chi connectivity index (χ4n) is 2.50. The number of likely N-dealkylation sites (tertiary alicyclic amines) is 1. The average Bonchev–Trinajstić information content (AvgIpc) is 2.71. The summed E-state index contributed by atoms with van der Waals surface area (Å²) >= 11 is 1.91. The van der Waals surface area contributed by atoms with Gasteiger partial charge in [0.05, 0.1) is 0 Å². The van der Waals surface area contributed by atoms with Crippen LogP contribution in [0.15, 0.2) is 0 Å². The predicted octanol–water partition coefficient (Wildman–Crippen LogP) is 1.82. The number of hydrogen-bond acceptors (Lipinski definition) is 3. The van der Waals surface area contributed by atoms with Crippen molar-refractivity contribution in [2.75, 3.05) is 32.4 Å². The predicted molar refractivity (Wildman–Crippen MR) is 58.9 cm³/mol. The first kappa shape index (κ1) is 9.81. The molecule has 0 unspecified atom stereocenters. The molecule has 0 saturated carbocycles. The van der Waals surface area contributed by atoms with E-state index in [1.807, 2.05) is 11.9 Å². The van der Waals surface area contributed by atoms with Gasteiger partial charge in [-0.05, 0) is 45.0 Å². The third kappa shape index (κ3) is 2.39. The second-order valence-electron chi connectivity index (χ2n) is 4.09. The maximum absolute atomic E-state index is 2.71. The van der Waals surface area contributed by atoms with Crippen molar-refractivity contribution in [2.24, 2.45) is 0 Å². The first-order chi connectivity index (χ1) is 6.40. The van der Waals surface area contributed by atoms with Crippen LogP contribution in [0, 0.1) is 0 Å². The van der Waals surface area contributed by atoms with Crippen LogP contribution in [0.2, 0.25) is 0 Å². The van der Waals surface area contributed by atoms with Crippen LogP contribution in [-0.4, -0.2) is 47.7 Å². The molecule has 0 aromatic heterocycles. The Bertz CT molecular complexity index is 149. The van der Waals surface area contributed by atoms with Crippen LogP contribution in [-0.2, 0) is 0 Å². The van der Waals surface area contributed by atoms with Crippen LogP contribution in [0.5, 0.6) is 0 Å². The van der Waals surface area contributed by atoms with Gasteiger partial charge in [0, 0.05) is 19.1 Å². The number of piperidine rings is 1. The number of nitrogens with zero attached hydrogens (tertiary/aromatic N) is 2. The lowest BCUT2D eigenvalue weighted by atomic mass is 10.1. The molecule has 0 N–H and O–H groups in total. The van der Waals surface area contributed by atoms with Crippen molar-refractivity contribution in [3.8, 4) is 0 Å². The van der Waals surface area contributed by atoms with Gasteiger partial charge < -0.3 is 4.90 Å². The van der Waals surface area contributed by atoms with E-state index in [0.29, 0.717) is 0 Å². The molecule has 0 aromatic carbocycles. The molecular formula is C10H20N2S. The van der Waals surface area contributed by atoms with Crippen LogP contribution in [0.3, 0.4) is 0 Å². The van der Waals surface area contributed by atoms with E-state index < -0.39 is 0 Å². The van der Waals surface area contributed by atoms with Crippen LogP contribution >= 0.6 is 11.9 Å². The third-order valence-electron chi connectivity index (χ3n) is 3.34. The van der Waals surface area contributed by atoms with Crippen LogP contribution in [0.25, 0.3) is 0 Å². The Kier molecular flexibility index (Phi) is 3.52. The van der Waals surface area contributed by atoms with Gasteiger partial charge in [-0.1, -0.05) is 11.9 Å². The van der Waals surface area contributed by atoms with E-state index in [1.54, 1.807) is 0 Å². The molecule has 2 fully saturated rings. The smallest absolute Gasteiger partial charge is 0.0120 e. The fraction of sp³-hybridized carbons (Fsp3) is 1.00. The summed E-state index contributed by atoms with van der Waals surface area (Å²) in [5.74, 6) is 0. The number of rotatable bonds is 2. The third-order valence-corrected chi connectivity index (χ3v) is 4.22. The molecule has 13 heavy (non-hydrogen) atoms. The van der Waals surface area contributed by atoms with E-state index in [2.05, 4.69) is 15.5 Å². The summed E-state index contributed by atoms with van der Waals surface area (Å²) in [4.78, 5) is 2.71. The van der Waals surface area contributed by atoms with Gasteiger partial charge >= 0.3 is 0 Å². The summed E-state index contributed by atoms with van der Waals surface area (Å²) in [6.45, 7) is 5.32. The van der Waals surface area contributed by atoms with E-state index in [9.17, 15) is 0 Å². The quantitative estimate of drug-likeness (QED) is 0.628. The minimum atomic E-state index is 0.908. The van der Waals surface area contributed by atoms with Gasteiger partial charge in [-0.15, -0.1) is 0 Å². The Labute approximate surface area is 85.8 Å². The molecule has 2 nitrogen and oxygen atoms in total. The van der Waals surface area contributed by atoms with Gasteiger partial charge in [0.1, 0.15) is 0 Å². The second-order valence-corrected chi connectivity index (χ2v) is 4.97. The van der Waals surface area contributed by atoms with E-state index in [-0.39, 0.29) is 0 Å². The van der Waals surface area contributed by atoms with Crippen molar-refractivity contribution in [1.82, 2.24) is 9.21 Å². The van der Waals surface area contributed by atoms with Crippen molar-refractivity contribution < 1.29 is 0 Å². The highest BCUT2D eigenvalue weighted by Gasteiger charge is 2.25. The summed E-state index contributed by atoms with van der Waals surface area (Å²) in [6.07, 6.45) is 7.84. The summed E-state index contributed by atoms with van der Waals surface area (Å²) in [5, 5.41) is 0. The maximum Gasteiger partial charge on any atom is 0.0120 e. The van der Waals surface area contributed by atoms with Crippen molar-refractivity contribution in [1.29, 1.82) is 0 Å². The molecule has 2 heterocycles. The monoisotopic (exact) mass is 200 g/mol. The highest BCUT2D eigenvalue weighted by molar-refractivity contribution is 7.96. The molecule has 0 radical (unpaired) electrons. The summed E-state index contributed by atoms with van der Waals surface area (Å²) in [6, 6.07) is 0.908. The molecule has 2 aliphatic rings. The lowest BCUT2D eigenvalue weighted by Gasteiger charge is -2.35. The van der Waals surface area contributed by atoms with Gasteiger partial charge in [-0.2, -0.15) is 0 Å². The Morgan fingerprint density at radius 2 is 1.62 bits per heavy atom. The molecule has 0 aromatic rings. The number of hydrogen-bond donors (Lipinski definition) is 0. The molecule has 76 valence electrons. The Morgan fingerprint density at radius 3 is 2.15 bits per heavy atom. The van der Waals surface area contributed by atoms with Crippen molar-refractivity contribution >= 4 is 11.9 Å². The highest BCUT2D eigenvalue weighted by atomic mass is 32.2. The first-order valence-corrected chi connectivity index (χ1v) is 6.61. The minimum absolute atomic E-state index is 0.908. The minimum Gasteiger partial charge on any atom is -0.300 e. The standard InChI is InChI=1S/C10H20N2S/c1-13-12-8-4-10(5-9-12)11-6-2-3-7-11/h10H,2-9H2,1H3. The zero-order chi connectivity index (χ0) is 9.10. The van der Waals surface area contributed by atoms with Crippen LogP contribution in [0.1, 0.15) is 25.7 Å². The molecule has 0 aliphatic carbocycles. The SMILES string of the molecule is CSN1CCC(N2CCCC2)CC1. The Balaban J connectivity index is 1.77. The molecule has 0 amide bonds. The zero-order valence-corrected chi connectivity index (χ0v) is 9.35. The van der Waals surface area contributed by atoms with Crippen molar-refractivity contribution in [3.05, 3.63) is 0 Å². The van der Waals surface area contributed by atoms with Crippen LogP contribution in [0.4, 0.5) is 0 Å². The Morgan fingerprint density at radius 1 is 1.00 bits per heavy atom. The highest BCUT2D eigenvalue weighted by Crippen LogP contribution is 2.23. The average molecular weight is 200 g/mol. The lowest BCUT2D eigenvalue weighted by molar-refractivity contribution is 0.173. The maximum atomic E-state index is 2.71. The zero-order valence-electron chi connectivity index (χ0n) is 8.54. The summed E-state index contributed by atoms with van der Waals surface area (Å²) in [7, 11) is 0. The second kappa shape index (κ2) is 4.67. The van der Waals surface area contributed by atoms with E-state index >= 15 is 0 Å². The fourth-order valence-corrected chi connectivity index (χ4v) is 3.07. The Hall–Kier alpha value is 0.270. The molecule has 0 spiro atoms. The largest absolute Gasteiger partial charge is 0.300 e. The van der Waals surface area contributed by atoms with Gasteiger partial charge in [0.2, 0.25) is 0 Å². The van der Waals surface area contributed by atoms with Gasteiger partial charge in [0.25, 0.3) is 0 Å². The molecule has 2 aliphatic heterocycles. The molecule has 2 rings (SSSR count). The molecule has 3 heteroatoms. The lowest BCUT2D eigenvalue weighted by Crippen LogP contribution is -2.41. The topological polar surface area (TPSA) is 6.48 Å². The first-order valence-electron chi connectivity index (χ1n) is 5.43. The van der Waals surface area contributed by atoms with Gasteiger partial charge in [-0.25, -0.2) is 0 Å². The van der Waals surface area contributed by atoms with E-state index in [0.717, 1.165) is 6.04 Å². The van der Waals surface area contributed by atoms with Gasteiger partial charge in [0.15, 0.2) is 0 Å². The molecule has 0 bridgehead atoms. The van der Waals surface area contributed by atoms with E-state index in [1.165, 1.54) is 51.9 Å². The molecular weight excluding hydrogens is 180 g/mol. The normalized spacial score (nSPS) is 28.4. The summed E-state index contributed by atoms with van der Waals surface area (Å²) in [5.41, 5.74) is 0. The van der Waals surface area contributed by atoms with Gasteiger partial charge in [-0.3, -0.25) is 4.31 Å². The van der Waals surface area contributed by atoms with Crippen molar-refractivity contribution in [2.45, 2.75) is 31.7 Å². The van der Waals surface area contributed by atoms with E-state index in [4.69, 9.17) is 0 Å².